The first-order valence-corrected chi connectivity index (χ1v) is 8.52. The summed E-state index contributed by atoms with van der Waals surface area (Å²) in [6, 6.07) is 1.93. The molecule has 2 aromatic heterocycles. The summed E-state index contributed by atoms with van der Waals surface area (Å²) in [6.45, 7) is 0. The summed E-state index contributed by atoms with van der Waals surface area (Å²) >= 11 is 0. The van der Waals surface area contributed by atoms with Crippen LogP contribution in [0, 0.1) is 0 Å². The molecule has 2 heterocycles. The standard InChI is InChI=1S/C17H23N7O2/c1-26-11-6-10(7-20-8-11)22-17-15(16(19)25)21-9-14(24-17)23-13-5-3-2-4-12(13)18/h6-9,12-13H,2-5,18H2,1H3,(H2,19,25)(H2,22,23,24)/t12-,13+/m0/s1. The Morgan fingerprint density at radius 1 is 1.27 bits per heavy atom. The van der Waals surface area contributed by atoms with Crippen LogP contribution in [0.5, 0.6) is 5.75 Å². The molecule has 1 amide bonds. The van der Waals surface area contributed by atoms with Crippen LogP contribution < -0.4 is 26.8 Å². The molecule has 0 radical (unpaired) electrons. The molecule has 0 saturated heterocycles. The van der Waals surface area contributed by atoms with Gasteiger partial charge in [-0.2, -0.15) is 0 Å². The van der Waals surface area contributed by atoms with Crippen molar-refractivity contribution in [1.29, 1.82) is 0 Å². The van der Waals surface area contributed by atoms with Crippen molar-refractivity contribution < 1.29 is 9.53 Å². The highest BCUT2D eigenvalue weighted by molar-refractivity contribution is 5.96. The van der Waals surface area contributed by atoms with Gasteiger partial charge in [0.25, 0.3) is 5.91 Å². The van der Waals surface area contributed by atoms with Crippen molar-refractivity contribution in [3.8, 4) is 5.75 Å². The highest BCUT2D eigenvalue weighted by Gasteiger charge is 2.23. The number of rotatable bonds is 6. The number of carbonyl (C=O) groups excluding carboxylic acids is 1. The predicted octanol–water partition coefficient (Wildman–Crippen LogP) is 1.40. The van der Waals surface area contributed by atoms with E-state index < -0.39 is 5.91 Å². The van der Waals surface area contributed by atoms with Crippen LogP contribution in [0.25, 0.3) is 0 Å². The maximum atomic E-state index is 11.7. The van der Waals surface area contributed by atoms with Gasteiger partial charge in [-0.05, 0) is 12.8 Å². The molecule has 0 bridgehead atoms. The first kappa shape index (κ1) is 17.9. The topological polar surface area (TPSA) is 141 Å². The Labute approximate surface area is 151 Å². The third kappa shape index (κ3) is 4.17. The van der Waals surface area contributed by atoms with Gasteiger partial charge in [0, 0.05) is 18.2 Å². The highest BCUT2D eigenvalue weighted by Crippen LogP contribution is 2.24. The lowest BCUT2D eigenvalue weighted by Gasteiger charge is -2.29. The molecule has 6 N–H and O–H groups in total. The molecule has 138 valence electrons. The fourth-order valence-electron chi connectivity index (χ4n) is 2.99. The number of nitrogens with one attached hydrogen (secondary N) is 2. The van der Waals surface area contributed by atoms with Gasteiger partial charge in [0.2, 0.25) is 0 Å². The van der Waals surface area contributed by atoms with E-state index in [1.165, 1.54) is 6.20 Å². The van der Waals surface area contributed by atoms with Crippen LogP contribution in [0.1, 0.15) is 36.2 Å². The lowest BCUT2D eigenvalue weighted by molar-refractivity contribution is 0.0996. The van der Waals surface area contributed by atoms with E-state index in [4.69, 9.17) is 16.2 Å². The maximum absolute atomic E-state index is 11.7. The second kappa shape index (κ2) is 7.96. The number of primary amides is 1. The molecular formula is C17H23N7O2. The molecular weight excluding hydrogens is 334 g/mol. The number of pyridine rings is 1. The number of anilines is 3. The SMILES string of the molecule is COc1cncc(Nc2nc(N[C@@H]3CCCC[C@@H]3N)cnc2C(N)=O)c1. The van der Waals surface area contributed by atoms with Crippen LogP contribution in [0.4, 0.5) is 17.3 Å². The lowest BCUT2D eigenvalue weighted by atomic mass is 9.91. The van der Waals surface area contributed by atoms with Gasteiger partial charge in [-0.25, -0.2) is 9.97 Å². The number of aromatic nitrogens is 3. The number of carbonyl (C=O) groups is 1. The number of ether oxygens (including phenoxy) is 1. The van der Waals surface area contributed by atoms with E-state index in [0.29, 0.717) is 17.3 Å². The van der Waals surface area contributed by atoms with Crippen molar-refractivity contribution in [2.75, 3.05) is 17.7 Å². The highest BCUT2D eigenvalue weighted by atomic mass is 16.5. The molecule has 0 spiro atoms. The van der Waals surface area contributed by atoms with Crippen LogP contribution in [0.2, 0.25) is 0 Å². The van der Waals surface area contributed by atoms with Crippen molar-refractivity contribution in [2.24, 2.45) is 11.5 Å². The van der Waals surface area contributed by atoms with Gasteiger partial charge in [-0.3, -0.25) is 9.78 Å². The minimum Gasteiger partial charge on any atom is -0.495 e. The molecule has 2 aromatic rings. The molecule has 1 aliphatic rings. The zero-order valence-corrected chi connectivity index (χ0v) is 14.6. The molecule has 3 rings (SSSR count). The zero-order chi connectivity index (χ0) is 18.5. The predicted molar refractivity (Wildman–Crippen MR) is 98.5 cm³/mol. The van der Waals surface area contributed by atoms with Crippen molar-refractivity contribution >= 4 is 23.2 Å². The van der Waals surface area contributed by atoms with Crippen molar-refractivity contribution in [2.45, 2.75) is 37.8 Å². The molecule has 0 unspecified atom stereocenters. The van der Waals surface area contributed by atoms with Crippen molar-refractivity contribution in [3.05, 3.63) is 30.4 Å². The first-order chi connectivity index (χ1) is 12.6. The lowest BCUT2D eigenvalue weighted by Crippen LogP contribution is -2.42. The van der Waals surface area contributed by atoms with Crippen LogP contribution in [-0.2, 0) is 0 Å². The summed E-state index contributed by atoms with van der Waals surface area (Å²) in [4.78, 5) is 24.4. The van der Waals surface area contributed by atoms with E-state index in [1.807, 2.05) is 0 Å². The Bertz CT molecular complexity index is 783. The first-order valence-electron chi connectivity index (χ1n) is 8.52. The second-order valence-corrected chi connectivity index (χ2v) is 6.25. The summed E-state index contributed by atoms with van der Waals surface area (Å²) < 4.78 is 5.15. The molecule has 1 saturated carbocycles. The van der Waals surface area contributed by atoms with E-state index >= 15 is 0 Å². The minimum atomic E-state index is -0.670. The van der Waals surface area contributed by atoms with Crippen molar-refractivity contribution in [3.63, 3.8) is 0 Å². The van der Waals surface area contributed by atoms with Gasteiger partial charge in [-0.1, -0.05) is 12.8 Å². The fourth-order valence-corrected chi connectivity index (χ4v) is 2.99. The summed E-state index contributed by atoms with van der Waals surface area (Å²) in [5, 5.41) is 6.34. The van der Waals surface area contributed by atoms with Gasteiger partial charge in [-0.15, -0.1) is 0 Å². The second-order valence-electron chi connectivity index (χ2n) is 6.25. The van der Waals surface area contributed by atoms with Gasteiger partial charge >= 0.3 is 0 Å². The fraction of sp³-hybridized carbons (Fsp3) is 0.412. The number of nitrogens with two attached hydrogens (primary N) is 2. The van der Waals surface area contributed by atoms with E-state index in [2.05, 4.69) is 25.6 Å². The number of hydrogen-bond donors (Lipinski definition) is 4. The van der Waals surface area contributed by atoms with Gasteiger partial charge in [0.05, 0.1) is 31.4 Å². The van der Waals surface area contributed by atoms with E-state index in [0.717, 1.165) is 25.7 Å². The molecule has 9 nitrogen and oxygen atoms in total. The zero-order valence-electron chi connectivity index (χ0n) is 14.6. The smallest absolute Gasteiger partial charge is 0.271 e. The molecule has 26 heavy (non-hydrogen) atoms. The average Bonchev–Trinajstić information content (AvgIpc) is 2.64. The Balaban J connectivity index is 1.85. The monoisotopic (exact) mass is 357 g/mol. The van der Waals surface area contributed by atoms with Gasteiger partial charge in [0.15, 0.2) is 11.5 Å². The quantitative estimate of drug-likeness (QED) is 0.608. The maximum Gasteiger partial charge on any atom is 0.271 e. The third-order valence-electron chi connectivity index (χ3n) is 4.37. The molecule has 1 fully saturated rings. The van der Waals surface area contributed by atoms with Crippen LogP contribution in [0.3, 0.4) is 0 Å². The van der Waals surface area contributed by atoms with Crippen LogP contribution in [0.15, 0.2) is 24.7 Å². The van der Waals surface area contributed by atoms with E-state index in [1.54, 1.807) is 25.6 Å². The minimum absolute atomic E-state index is 0.0475. The van der Waals surface area contributed by atoms with Crippen molar-refractivity contribution in [1.82, 2.24) is 15.0 Å². The normalized spacial score (nSPS) is 19.6. The largest absolute Gasteiger partial charge is 0.495 e. The summed E-state index contributed by atoms with van der Waals surface area (Å²) in [5.74, 6) is 0.695. The Morgan fingerprint density at radius 3 is 2.81 bits per heavy atom. The molecule has 9 heteroatoms. The molecule has 0 aromatic carbocycles. The third-order valence-corrected chi connectivity index (χ3v) is 4.37. The summed E-state index contributed by atoms with van der Waals surface area (Å²) in [7, 11) is 1.55. The Hall–Kier alpha value is -2.94. The van der Waals surface area contributed by atoms with E-state index in [-0.39, 0.29) is 23.6 Å². The number of nitrogens with zero attached hydrogens (tertiary/aromatic N) is 3. The summed E-state index contributed by atoms with van der Waals surface area (Å²) in [6.07, 6.45) is 8.88. The van der Waals surface area contributed by atoms with Crippen LogP contribution in [-0.4, -0.2) is 40.1 Å². The molecule has 1 aliphatic carbocycles. The number of amides is 1. The van der Waals surface area contributed by atoms with Gasteiger partial charge < -0.3 is 26.8 Å². The number of methoxy groups -OCH3 is 1. The Kier molecular flexibility index (Phi) is 5.47. The molecule has 0 aliphatic heterocycles. The van der Waals surface area contributed by atoms with E-state index in [9.17, 15) is 4.79 Å². The van der Waals surface area contributed by atoms with Gasteiger partial charge in [0.1, 0.15) is 11.6 Å². The van der Waals surface area contributed by atoms with Crippen LogP contribution >= 0.6 is 0 Å². The number of hydrogen-bond acceptors (Lipinski definition) is 8. The summed E-state index contributed by atoms with van der Waals surface area (Å²) in [5.41, 5.74) is 12.2. The molecule has 2 atom stereocenters. The Morgan fingerprint density at radius 2 is 2.08 bits per heavy atom. The average molecular weight is 357 g/mol.